The zero-order valence-electron chi connectivity index (χ0n) is 8.68. The van der Waals surface area contributed by atoms with Gasteiger partial charge in [0.1, 0.15) is 5.70 Å². The molecule has 0 radical (unpaired) electrons. The molecule has 1 aliphatic carbocycles. The molecule has 0 amide bonds. The maximum Gasteiger partial charge on any atom is 0.366 e. The Morgan fingerprint density at radius 3 is 2.00 bits per heavy atom. The molecule has 12 heteroatoms. The minimum Gasteiger partial charge on any atom is -0.393 e. The minimum absolute atomic E-state index is 0.453. The smallest absolute Gasteiger partial charge is 0.366 e. The molecule has 6 N–H and O–H groups in total. The summed E-state index contributed by atoms with van der Waals surface area (Å²) < 4.78 is 0. The summed E-state index contributed by atoms with van der Waals surface area (Å²) in [4.78, 5) is 28.8. The predicted molar refractivity (Wildman–Crippen MR) is 55.2 cm³/mol. The van der Waals surface area contributed by atoms with E-state index in [0.29, 0.717) is 6.08 Å². The van der Waals surface area contributed by atoms with Crippen LogP contribution in [0, 0.1) is 30.3 Å². The van der Waals surface area contributed by atoms with Crippen LogP contribution in [-0.2, 0) is 0 Å². The molecule has 2 unspecified atom stereocenters. The van der Waals surface area contributed by atoms with Gasteiger partial charge in [0.15, 0.2) is 5.70 Å². The Morgan fingerprint density at radius 1 is 1.17 bits per heavy atom. The lowest BCUT2D eigenvalue weighted by molar-refractivity contribution is -0.636. The van der Waals surface area contributed by atoms with Crippen molar-refractivity contribution in [1.29, 1.82) is 0 Å². The lowest BCUT2D eigenvalue weighted by Crippen LogP contribution is -2.62. The van der Waals surface area contributed by atoms with E-state index in [1.54, 1.807) is 0 Å². The van der Waals surface area contributed by atoms with Crippen LogP contribution in [0.1, 0.15) is 0 Å². The normalized spacial score (nSPS) is 27.6. The fourth-order valence-corrected chi connectivity index (χ4v) is 1.59. The van der Waals surface area contributed by atoms with Gasteiger partial charge in [0, 0.05) is 11.0 Å². The molecule has 0 heterocycles. The van der Waals surface area contributed by atoms with Gasteiger partial charge in [-0.1, -0.05) is 0 Å². The van der Waals surface area contributed by atoms with Crippen molar-refractivity contribution < 1.29 is 14.8 Å². The average molecular weight is 260 g/mol. The molecule has 0 aromatic heterocycles. The van der Waals surface area contributed by atoms with E-state index >= 15 is 0 Å². The van der Waals surface area contributed by atoms with Crippen LogP contribution in [-0.4, -0.2) is 26.5 Å². The molecular formula is C6H8N6O6. The number of hydrogen-bond acceptors (Lipinski definition) is 9. The summed E-state index contributed by atoms with van der Waals surface area (Å²) in [6, 6.07) is -2.26. The first-order valence-electron chi connectivity index (χ1n) is 4.32. The molecule has 0 fully saturated rings. The number of nitrogens with two attached hydrogens (primary N) is 3. The van der Waals surface area contributed by atoms with Crippen LogP contribution in [0.2, 0.25) is 0 Å². The van der Waals surface area contributed by atoms with E-state index in [0.717, 1.165) is 0 Å². The first kappa shape index (κ1) is 13.3. The zero-order valence-corrected chi connectivity index (χ0v) is 8.68. The highest BCUT2D eigenvalue weighted by molar-refractivity contribution is 5.37. The zero-order chi connectivity index (χ0) is 14.2. The van der Waals surface area contributed by atoms with E-state index in [1.807, 2.05) is 0 Å². The number of nitrogens with zero attached hydrogens (tertiary/aromatic N) is 3. The molecule has 0 aromatic rings. The molecule has 0 aromatic carbocycles. The first-order chi connectivity index (χ1) is 8.12. The Balaban J connectivity index is 3.56. The van der Waals surface area contributed by atoms with Gasteiger partial charge in [0.25, 0.3) is 0 Å². The summed E-state index contributed by atoms with van der Waals surface area (Å²) in [5.41, 5.74) is 10.4. The first-order valence-corrected chi connectivity index (χ1v) is 4.32. The average Bonchev–Trinajstić information content (AvgIpc) is 2.14. The fraction of sp³-hybridized carbons (Fsp3) is 0.333. The van der Waals surface area contributed by atoms with Gasteiger partial charge in [-0.2, -0.15) is 0 Å². The van der Waals surface area contributed by atoms with Gasteiger partial charge in [0.2, 0.25) is 0 Å². The topological polar surface area (TPSA) is 207 Å². The molecule has 12 nitrogen and oxygen atoms in total. The van der Waals surface area contributed by atoms with E-state index < -0.39 is 43.6 Å². The molecule has 0 saturated heterocycles. The van der Waals surface area contributed by atoms with E-state index in [-0.39, 0.29) is 0 Å². The molecule has 0 aliphatic heterocycles. The standard InChI is InChI=1S/C6H8N6O6/c7-2-1-6(9,12(17)18)5(11(15)16)3(8)4(2)10(13)14/h1,5H,7-9H2. The van der Waals surface area contributed by atoms with E-state index in [4.69, 9.17) is 17.2 Å². The SMILES string of the molecule is NC1=CC(N)([N+](=O)[O-])C([N+](=O)[O-])C(N)=C1[N+](=O)[O-]. The van der Waals surface area contributed by atoms with Crippen LogP contribution in [0.3, 0.4) is 0 Å². The Morgan fingerprint density at radius 2 is 1.67 bits per heavy atom. The van der Waals surface area contributed by atoms with Crippen molar-refractivity contribution in [2.45, 2.75) is 11.7 Å². The van der Waals surface area contributed by atoms with Crippen LogP contribution in [0.25, 0.3) is 0 Å². The fourth-order valence-electron chi connectivity index (χ4n) is 1.59. The van der Waals surface area contributed by atoms with Gasteiger partial charge in [-0.3, -0.25) is 36.1 Å². The van der Waals surface area contributed by atoms with Crippen molar-refractivity contribution in [3.05, 3.63) is 53.5 Å². The van der Waals surface area contributed by atoms with Gasteiger partial charge in [-0.25, -0.2) is 0 Å². The van der Waals surface area contributed by atoms with Gasteiger partial charge >= 0.3 is 17.4 Å². The van der Waals surface area contributed by atoms with E-state index in [1.165, 1.54) is 0 Å². The van der Waals surface area contributed by atoms with Crippen molar-refractivity contribution >= 4 is 0 Å². The Hall–Kier alpha value is -2.76. The van der Waals surface area contributed by atoms with Crippen molar-refractivity contribution in [3.63, 3.8) is 0 Å². The number of rotatable bonds is 3. The molecule has 0 spiro atoms. The molecular weight excluding hydrogens is 252 g/mol. The molecule has 18 heavy (non-hydrogen) atoms. The molecule has 2 atom stereocenters. The maximum atomic E-state index is 10.8. The van der Waals surface area contributed by atoms with Gasteiger partial charge in [-0.15, -0.1) is 0 Å². The summed E-state index contributed by atoms with van der Waals surface area (Å²) in [5, 5.41) is 32.2. The summed E-state index contributed by atoms with van der Waals surface area (Å²) in [7, 11) is 0. The second kappa shape index (κ2) is 3.92. The van der Waals surface area contributed by atoms with Crippen molar-refractivity contribution in [2.24, 2.45) is 17.2 Å². The summed E-state index contributed by atoms with van der Waals surface area (Å²) in [5.74, 6) is 0. The van der Waals surface area contributed by atoms with Crippen molar-refractivity contribution in [1.82, 2.24) is 0 Å². The highest BCUT2D eigenvalue weighted by Gasteiger charge is 2.61. The van der Waals surface area contributed by atoms with E-state index in [9.17, 15) is 30.3 Å². The maximum absolute atomic E-state index is 10.8. The molecule has 1 aliphatic rings. The third kappa shape index (κ3) is 1.69. The highest BCUT2D eigenvalue weighted by Crippen LogP contribution is 2.28. The van der Waals surface area contributed by atoms with Crippen molar-refractivity contribution in [3.8, 4) is 0 Å². The number of nitro groups is 3. The van der Waals surface area contributed by atoms with Crippen LogP contribution in [0.5, 0.6) is 0 Å². The van der Waals surface area contributed by atoms with E-state index in [2.05, 4.69) is 0 Å². The molecule has 0 saturated carbocycles. The summed E-state index contributed by atoms with van der Waals surface area (Å²) in [6.07, 6.45) is 0.453. The van der Waals surface area contributed by atoms with Gasteiger partial charge in [0.05, 0.1) is 9.85 Å². The summed E-state index contributed by atoms with van der Waals surface area (Å²) in [6.45, 7) is 0. The largest absolute Gasteiger partial charge is 0.393 e. The summed E-state index contributed by atoms with van der Waals surface area (Å²) >= 11 is 0. The Kier molecular flexibility index (Phi) is 2.90. The quantitative estimate of drug-likeness (QED) is 0.287. The molecule has 98 valence electrons. The minimum atomic E-state index is -2.73. The lowest BCUT2D eigenvalue weighted by atomic mass is 9.91. The third-order valence-corrected chi connectivity index (χ3v) is 2.38. The van der Waals surface area contributed by atoms with Crippen LogP contribution in [0.15, 0.2) is 23.2 Å². The van der Waals surface area contributed by atoms with Gasteiger partial charge in [-0.05, 0) is 0 Å². The monoisotopic (exact) mass is 260 g/mol. The lowest BCUT2D eigenvalue weighted by Gasteiger charge is -2.24. The second-order valence-corrected chi connectivity index (χ2v) is 3.49. The Bertz CT molecular complexity index is 511. The van der Waals surface area contributed by atoms with Gasteiger partial charge < -0.3 is 11.5 Å². The third-order valence-electron chi connectivity index (χ3n) is 2.38. The highest BCUT2D eigenvalue weighted by atomic mass is 16.7. The number of hydrogen-bond donors (Lipinski definition) is 3. The molecule has 0 bridgehead atoms. The van der Waals surface area contributed by atoms with Crippen molar-refractivity contribution in [2.75, 3.05) is 0 Å². The van der Waals surface area contributed by atoms with Crippen LogP contribution in [0.4, 0.5) is 0 Å². The van der Waals surface area contributed by atoms with Crippen LogP contribution < -0.4 is 17.2 Å². The molecule has 1 rings (SSSR count). The van der Waals surface area contributed by atoms with Crippen LogP contribution >= 0.6 is 0 Å². The predicted octanol–water partition coefficient (Wildman–Crippen LogP) is -2.13. The second-order valence-electron chi connectivity index (χ2n) is 3.49. The Labute approximate surface area is 98.2 Å².